The van der Waals surface area contributed by atoms with E-state index in [0.717, 1.165) is 21.6 Å². The number of aromatic nitrogens is 1. The monoisotopic (exact) mass is 721 g/mol. The first-order chi connectivity index (χ1) is 23.3. The number of carbonyl (C=O) groups is 2. The van der Waals surface area contributed by atoms with Crippen LogP contribution in [0.2, 0.25) is 0 Å². The Kier molecular flexibility index (Phi) is 12.7. The predicted molar refractivity (Wildman–Crippen MR) is 199 cm³/mol. The summed E-state index contributed by atoms with van der Waals surface area (Å²) in [5.41, 5.74) is 3.09. The molecule has 2 heterocycles. The van der Waals surface area contributed by atoms with E-state index < -0.39 is 23.7 Å². The van der Waals surface area contributed by atoms with Crippen LogP contribution in [0.4, 0.5) is 14.5 Å². The summed E-state index contributed by atoms with van der Waals surface area (Å²) in [4.78, 5) is 42.6. The molecule has 0 aliphatic carbocycles. The molecular weight excluding hydrogens is 680 g/mol. The van der Waals surface area contributed by atoms with Crippen LogP contribution in [0.25, 0.3) is 20.7 Å². The van der Waals surface area contributed by atoms with E-state index in [4.69, 9.17) is 4.74 Å². The van der Waals surface area contributed by atoms with Crippen molar-refractivity contribution in [3.63, 3.8) is 0 Å². The van der Waals surface area contributed by atoms with Crippen molar-refractivity contribution < 1.29 is 23.1 Å². The van der Waals surface area contributed by atoms with Crippen LogP contribution in [-0.2, 0) is 34.0 Å². The van der Waals surface area contributed by atoms with Crippen molar-refractivity contribution in [1.29, 1.82) is 0 Å². The number of rotatable bonds is 12. The third-order valence-corrected chi connectivity index (χ3v) is 9.61. The zero-order valence-electron chi connectivity index (χ0n) is 29.0. The standard InChI is InChI=1S/C39H41F2N3O4S.ClH/c1-23(2)36(48-25(5)45)31-22-44(21-29-32(40)13-10-14-33(29)41)39-34(35(31)46)30(20-43(6)19-26-11-8-7-9-12-26)37(49-39)27-15-17-28(18-16-27)42-38(47)24(3)4;/h7-18,22-24,36H,19-21H2,1-6H3,(H,42,47);1H. The number of hydrogen-bond acceptors (Lipinski definition) is 6. The van der Waals surface area contributed by atoms with Crippen LogP contribution in [0.5, 0.6) is 0 Å². The van der Waals surface area contributed by atoms with E-state index in [2.05, 4.69) is 10.2 Å². The van der Waals surface area contributed by atoms with Crippen LogP contribution in [0.15, 0.2) is 83.8 Å². The molecule has 1 N–H and O–H groups in total. The number of anilines is 1. The summed E-state index contributed by atoms with van der Waals surface area (Å²) in [6, 6.07) is 21.1. The first-order valence-corrected chi connectivity index (χ1v) is 17.1. The minimum Gasteiger partial charge on any atom is -0.457 e. The van der Waals surface area contributed by atoms with E-state index in [-0.39, 0.29) is 53.3 Å². The summed E-state index contributed by atoms with van der Waals surface area (Å²) < 4.78 is 37.5. The summed E-state index contributed by atoms with van der Waals surface area (Å²) in [7, 11) is 1.97. The van der Waals surface area contributed by atoms with Gasteiger partial charge in [0.1, 0.15) is 22.6 Å². The van der Waals surface area contributed by atoms with Crippen LogP contribution >= 0.6 is 23.7 Å². The fourth-order valence-electron chi connectivity index (χ4n) is 5.83. The lowest BCUT2D eigenvalue weighted by atomic mass is 9.97. The minimum atomic E-state index is -0.881. The smallest absolute Gasteiger partial charge is 0.303 e. The number of halogens is 3. The molecule has 1 unspecified atom stereocenters. The molecule has 5 rings (SSSR count). The Balaban J connectivity index is 0.00000562. The lowest BCUT2D eigenvalue weighted by molar-refractivity contribution is -0.149. The van der Waals surface area contributed by atoms with Gasteiger partial charge in [-0.2, -0.15) is 0 Å². The number of benzene rings is 3. The highest BCUT2D eigenvalue weighted by atomic mass is 35.5. The molecule has 0 fully saturated rings. The molecule has 3 aromatic carbocycles. The molecule has 0 aliphatic heterocycles. The number of amides is 1. The Morgan fingerprint density at radius 3 is 2.12 bits per heavy atom. The molecule has 2 aromatic heterocycles. The van der Waals surface area contributed by atoms with Gasteiger partial charge in [-0.1, -0.05) is 76.2 Å². The van der Waals surface area contributed by atoms with Gasteiger partial charge in [-0.25, -0.2) is 8.78 Å². The lowest BCUT2D eigenvalue weighted by Gasteiger charge is -2.23. The first-order valence-electron chi connectivity index (χ1n) is 16.3. The van der Waals surface area contributed by atoms with Crippen molar-refractivity contribution in [2.45, 2.75) is 60.4 Å². The highest BCUT2D eigenvalue weighted by molar-refractivity contribution is 7.22. The van der Waals surface area contributed by atoms with E-state index in [1.54, 1.807) is 10.8 Å². The fraction of sp³-hybridized carbons (Fsp3) is 0.308. The first kappa shape index (κ1) is 38.4. The number of nitrogens with zero attached hydrogens (tertiary/aromatic N) is 2. The van der Waals surface area contributed by atoms with E-state index in [1.807, 2.05) is 89.3 Å². The molecule has 1 atom stereocenters. The number of pyridine rings is 1. The molecule has 11 heteroatoms. The van der Waals surface area contributed by atoms with Crippen LogP contribution in [0.1, 0.15) is 63.0 Å². The number of nitrogens with one attached hydrogen (secondary N) is 1. The summed E-state index contributed by atoms with van der Waals surface area (Å²) in [5.74, 6) is -2.49. The number of hydrogen-bond donors (Lipinski definition) is 1. The van der Waals surface area contributed by atoms with Gasteiger partial charge < -0.3 is 14.6 Å². The third-order valence-electron chi connectivity index (χ3n) is 8.29. The SMILES string of the molecule is CC(=O)OC(c1cn(Cc2c(F)cccc2F)c2sc(-c3ccc(NC(=O)C(C)C)cc3)c(CN(C)Cc3ccccc3)c2c1=O)C(C)C.Cl. The number of carbonyl (C=O) groups excluding carboxylic acids is 2. The lowest BCUT2D eigenvalue weighted by Crippen LogP contribution is -2.25. The highest BCUT2D eigenvalue weighted by Gasteiger charge is 2.28. The maximum Gasteiger partial charge on any atom is 0.303 e. The van der Waals surface area contributed by atoms with E-state index >= 15 is 8.78 Å². The predicted octanol–water partition coefficient (Wildman–Crippen LogP) is 8.96. The molecule has 5 aromatic rings. The van der Waals surface area contributed by atoms with Crippen LogP contribution in [-0.4, -0.2) is 28.4 Å². The summed E-state index contributed by atoms with van der Waals surface area (Å²) in [6.07, 6.45) is 0.695. The largest absolute Gasteiger partial charge is 0.457 e. The molecule has 264 valence electrons. The number of thiophene rings is 1. The Hall–Kier alpha value is -4.38. The van der Waals surface area contributed by atoms with Gasteiger partial charge in [-0.3, -0.25) is 19.3 Å². The average molecular weight is 722 g/mol. The van der Waals surface area contributed by atoms with Crippen LogP contribution < -0.4 is 10.7 Å². The highest BCUT2D eigenvalue weighted by Crippen LogP contribution is 2.40. The average Bonchev–Trinajstić information content (AvgIpc) is 3.42. The molecule has 0 radical (unpaired) electrons. The van der Waals surface area contributed by atoms with Gasteiger partial charge in [0.05, 0.1) is 17.5 Å². The fourth-order valence-corrected chi connectivity index (χ4v) is 7.12. The zero-order valence-corrected chi connectivity index (χ0v) is 30.6. The van der Waals surface area contributed by atoms with Crippen molar-refractivity contribution in [2.24, 2.45) is 11.8 Å². The Morgan fingerprint density at radius 1 is 0.900 bits per heavy atom. The van der Waals surface area contributed by atoms with Gasteiger partial charge in [0, 0.05) is 48.3 Å². The molecule has 0 saturated carbocycles. The van der Waals surface area contributed by atoms with Crippen molar-refractivity contribution in [2.75, 3.05) is 12.4 Å². The van der Waals surface area contributed by atoms with Crippen molar-refractivity contribution in [3.8, 4) is 10.4 Å². The molecule has 7 nitrogen and oxygen atoms in total. The Labute approximate surface area is 301 Å². The second-order valence-corrected chi connectivity index (χ2v) is 14.0. The summed E-state index contributed by atoms with van der Waals surface area (Å²) in [5, 5.41) is 3.32. The summed E-state index contributed by atoms with van der Waals surface area (Å²) >= 11 is 1.36. The molecule has 0 spiro atoms. The number of ether oxygens (including phenoxy) is 1. The number of fused-ring (bicyclic) bond motifs is 1. The van der Waals surface area contributed by atoms with Crippen LogP contribution in [0, 0.1) is 23.5 Å². The molecule has 1 amide bonds. The molecule has 0 bridgehead atoms. The van der Waals surface area contributed by atoms with Gasteiger partial charge in [-0.15, -0.1) is 23.7 Å². The quantitative estimate of drug-likeness (QED) is 0.130. The maximum atomic E-state index is 15.1. The van der Waals surface area contributed by atoms with E-state index in [9.17, 15) is 14.4 Å². The molecular formula is C39H42ClF2N3O4S. The second kappa shape index (κ2) is 16.6. The number of esters is 1. The Bertz CT molecular complexity index is 2010. The van der Waals surface area contributed by atoms with Gasteiger partial charge in [0.25, 0.3) is 0 Å². The van der Waals surface area contributed by atoms with Crippen molar-refractivity contribution >= 4 is 51.5 Å². The molecule has 50 heavy (non-hydrogen) atoms. The van der Waals surface area contributed by atoms with Gasteiger partial charge >= 0.3 is 5.97 Å². The van der Waals surface area contributed by atoms with Gasteiger partial charge in [0.15, 0.2) is 5.43 Å². The molecule has 0 aliphatic rings. The topological polar surface area (TPSA) is 80.6 Å². The van der Waals surface area contributed by atoms with Crippen molar-refractivity contribution in [1.82, 2.24) is 9.47 Å². The normalized spacial score (nSPS) is 12.0. The Morgan fingerprint density at radius 2 is 1.54 bits per heavy atom. The maximum absolute atomic E-state index is 15.1. The van der Waals surface area contributed by atoms with E-state index in [0.29, 0.717) is 29.0 Å². The van der Waals surface area contributed by atoms with Gasteiger partial charge in [-0.05, 0) is 53.9 Å². The van der Waals surface area contributed by atoms with Crippen molar-refractivity contribution in [3.05, 3.63) is 123 Å². The van der Waals surface area contributed by atoms with Gasteiger partial charge in [0.2, 0.25) is 5.91 Å². The van der Waals surface area contributed by atoms with E-state index in [1.165, 1.54) is 36.5 Å². The molecule has 0 saturated heterocycles. The minimum absolute atomic E-state index is 0. The zero-order chi connectivity index (χ0) is 35.4. The summed E-state index contributed by atoms with van der Waals surface area (Å²) in [6.45, 7) is 9.44. The second-order valence-electron chi connectivity index (χ2n) is 13.0. The third kappa shape index (κ3) is 8.67. The van der Waals surface area contributed by atoms with Crippen LogP contribution in [0.3, 0.4) is 0 Å².